The fourth-order valence-electron chi connectivity index (χ4n) is 1.34. The number of amides is 1. The van der Waals surface area contributed by atoms with Crippen molar-refractivity contribution in [1.82, 2.24) is 0 Å². The molecule has 2 rings (SSSR count). The van der Waals surface area contributed by atoms with E-state index in [0.29, 0.717) is 25.6 Å². The average Bonchev–Trinajstić information content (AvgIpc) is 2.76. The Morgan fingerprint density at radius 2 is 2.22 bits per heavy atom. The van der Waals surface area contributed by atoms with Gasteiger partial charge in [0.1, 0.15) is 11.1 Å². The second-order valence-electron chi connectivity index (χ2n) is 3.35. The molecular formula is C12H6BrClN2OS. The van der Waals surface area contributed by atoms with E-state index in [1.165, 1.54) is 11.3 Å². The van der Waals surface area contributed by atoms with E-state index in [-0.39, 0.29) is 5.91 Å². The van der Waals surface area contributed by atoms with E-state index < -0.39 is 0 Å². The Bertz CT molecular complexity index is 648. The normalized spacial score (nSPS) is 9.83. The summed E-state index contributed by atoms with van der Waals surface area (Å²) in [6.07, 6.45) is 0. The van der Waals surface area contributed by atoms with Crippen LogP contribution in [0.25, 0.3) is 0 Å². The first kappa shape index (κ1) is 13.1. The minimum absolute atomic E-state index is 0.280. The first-order valence-corrected chi connectivity index (χ1v) is 6.91. The van der Waals surface area contributed by atoms with Crippen LogP contribution in [0, 0.1) is 11.3 Å². The van der Waals surface area contributed by atoms with Crippen molar-refractivity contribution in [2.45, 2.75) is 0 Å². The smallest absolute Gasteiger partial charge is 0.257 e. The Labute approximate surface area is 121 Å². The van der Waals surface area contributed by atoms with Crippen molar-refractivity contribution in [1.29, 1.82) is 5.26 Å². The van der Waals surface area contributed by atoms with Crippen LogP contribution in [0.15, 0.2) is 34.1 Å². The monoisotopic (exact) mass is 340 g/mol. The van der Waals surface area contributed by atoms with E-state index in [0.717, 1.165) is 0 Å². The molecule has 0 bridgehead atoms. The number of carbonyl (C=O) groups is 1. The summed E-state index contributed by atoms with van der Waals surface area (Å²) in [5, 5.41) is 14.4. The summed E-state index contributed by atoms with van der Waals surface area (Å²) in [4.78, 5) is 12.0. The van der Waals surface area contributed by atoms with Gasteiger partial charge in [0.2, 0.25) is 0 Å². The van der Waals surface area contributed by atoms with Crippen LogP contribution < -0.4 is 5.32 Å². The van der Waals surface area contributed by atoms with Crippen molar-refractivity contribution in [3.05, 3.63) is 50.3 Å². The molecule has 0 unspecified atom stereocenters. The van der Waals surface area contributed by atoms with Gasteiger partial charge in [-0.3, -0.25) is 4.79 Å². The molecule has 0 spiro atoms. The van der Waals surface area contributed by atoms with E-state index >= 15 is 0 Å². The molecule has 0 atom stereocenters. The van der Waals surface area contributed by atoms with Crippen molar-refractivity contribution in [2.24, 2.45) is 0 Å². The summed E-state index contributed by atoms with van der Waals surface area (Å²) < 4.78 is 0.613. The van der Waals surface area contributed by atoms with Crippen LogP contribution in [0.2, 0.25) is 5.02 Å². The molecule has 1 aromatic heterocycles. The molecular weight excluding hydrogens is 336 g/mol. The summed E-state index contributed by atoms with van der Waals surface area (Å²) in [5.74, 6) is -0.280. The summed E-state index contributed by atoms with van der Waals surface area (Å²) in [5.41, 5.74) is 0.926. The fourth-order valence-corrected chi connectivity index (χ4v) is 2.93. The first-order chi connectivity index (χ1) is 8.61. The van der Waals surface area contributed by atoms with E-state index in [4.69, 9.17) is 16.9 Å². The molecule has 0 aliphatic carbocycles. The highest BCUT2D eigenvalue weighted by Crippen LogP contribution is 2.26. The number of nitrogens with one attached hydrogen (secondary N) is 1. The van der Waals surface area contributed by atoms with Gasteiger partial charge in [-0.25, -0.2) is 0 Å². The zero-order chi connectivity index (χ0) is 13.1. The van der Waals surface area contributed by atoms with Crippen molar-refractivity contribution >= 4 is 49.8 Å². The predicted molar refractivity (Wildman–Crippen MR) is 76.1 cm³/mol. The van der Waals surface area contributed by atoms with Gasteiger partial charge >= 0.3 is 0 Å². The van der Waals surface area contributed by atoms with E-state index in [1.54, 1.807) is 29.6 Å². The number of hydrogen-bond donors (Lipinski definition) is 1. The predicted octanol–water partition coefficient (Wildman–Crippen LogP) is 4.29. The van der Waals surface area contributed by atoms with Crippen molar-refractivity contribution in [3.8, 4) is 6.07 Å². The number of nitrogens with zero attached hydrogens (tertiary/aromatic N) is 1. The molecule has 6 heteroatoms. The topological polar surface area (TPSA) is 52.9 Å². The van der Waals surface area contributed by atoms with Crippen molar-refractivity contribution in [2.75, 3.05) is 5.32 Å². The summed E-state index contributed by atoms with van der Waals surface area (Å²) in [6, 6.07) is 8.60. The van der Waals surface area contributed by atoms with Crippen LogP contribution in [-0.4, -0.2) is 5.91 Å². The van der Waals surface area contributed by atoms with Gasteiger partial charge < -0.3 is 5.32 Å². The molecule has 18 heavy (non-hydrogen) atoms. The quantitative estimate of drug-likeness (QED) is 0.886. The number of halogens is 2. The number of anilines is 1. The molecule has 0 aliphatic rings. The zero-order valence-corrected chi connectivity index (χ0v) is 12.1. The zero-order valence-electron chi connectivity index (χ0n) is 8.91. The van der Waals surface area contributed by atoms with Gasteiger partial charge in [0.05, 0.1) is 11.1 Å². The molecule has 3 nitrogen and oxygen atoms in total. The third-order valence-electron chi connectivity index (χ3n) is 2.19. The Morgan fingerprint density at radius 3 is 2.89 bits per heavy atom. The maximum Gasteiger partial charge on any atom is 0.257 e. The molecule has 1 aromatic carbocycles. The van der Waals surface area contributed by atoms with Gasteiger partial charge in [-0.15, -0.1) is 11.3 Å². The summed E-state index contributed by atoms with van der Waals surface area (Å²) >= 11 is 10.4. The lowest BCUT2D eigenvalue weighted by atomic mass is 10.2. The third kappa shape index (κ3) is 2.72. The van der Waals surface area contributed by atoms with Crippen LogP contribution >= 0.6 is 38.9 Å². The second-order valence-corrected chi connectivity index (χ2v) is 5.56. The van der Waals surface area contributed by atoms with Gasteiger partial charge in [0, 0.05) is 9.50 Å². The van der Waals surface area contributed by atoms with Crippen molar-refractivity contribution < 1.29 is 4.79 Å². The molecule has 0 fully saturated rings. The molecule has 1 N–H and O–H groups in total. The molecule has 90 valence electrons. The highest BCUT2D eigenvalue weighted by atomic mass is 79.9. The maximum atomic E-state index is 12.0. The van der Waals surface area contributed by atoms with Crippen molar-refractivity contribution in [3.63, 3.8) is 0 Å². The Balaban J connectivity index is 2.25. The van der Waals surface area contributed by atoms with Gasteiger partial charge in [-0.1, -0.05) is 11.6 Å². The lowest BCUT2D eigenvalue weighted by Crippen LogP contribution is -2.12. The van der Waals surface area contributed by atoms with Gasteiger partial charge in [-0.2, -0.15) is 5.26 Å². The van der Waals surface area contributed by atoms with Crippen LogP contribution in [0.4, 0.5) is 5.00 Å². The Hall–Kier alpha value is -1.35. The SMILES string of the molecule is N#Cc1ccsc1NC(=O)c1ccc(Cl)cc1Br. The molecule has 2 aromatic rings. The molecule has 1 amide bonds. The fraction of sp³-hybridized carbons (Fsp3) is 0. The largest absolute Gasteiger partial charge is 0.312 e. The van der Waals surface area contributed by atoms with Gasteiger partial charge in [-0.05, 0) is 45.6 Å². The summed E-state index contributed by atoms with van der Waals surface area (Å²) in [6.45, 7) is 0. The number of rotatable bonds is 2. The lowest BCUT2D eigenvalue weighted by molar-refractivity contribution is 0.102. The Morgan fingerprint density at radius 1 is 1.44 bits per heavy atom. The first-order valence-electron chi connectivity index (χ1n) is 4.86. The number of benzene rings is 1. The highest BCUT2D eigenvalue weighted by Gasteiger charge is 2.13. The molecule has 0 saturated carbocycles. The minimum atomic E-state index is -0.280. The Kier molecular flexibility index (Phi) is 4.02. The van der Waals surface area contributed by atoms with Crippen LogP contribution in [0.3, 0.4) is 0 Å². The molecule has 1 heterocycles. The van der Waals surface area contributed by atoms with Gasteiger partial charge in [0.15, 0.2) is 0 Å². The highest BCUT2D eigenvalue weighted by molar-refractivity contribution is 9.10. The van der Waals surface area contributed by atoms with Gasteiger partial charge in [0.25, 0.3) is 5.91 Å². The number of nitriles is 1. The standard InChI is InChI=1S/C12H6BrClN2OS/c13-10-5-8(14)1-2-9(10)11(17)16-12-7(6-15)3-4-18-12/h1-5H,(H,16,17). The molecule has 0 saturated heterocycles. The van der Waals surface area contributed by atoms with E-state index in [2.05, 4.69) is 21.2 Å². The number of hydrogen-bond acceptors (Lipinski definition) is 3. The van der Waals surface area contributed by atoms with E-state index in [1.807, 2.05) is 6.07 Å². The van der Waals surface area contributed by atoms with E-state index in [9.17, 15) is 4.79 Å². The average molecular weight is 342 g/mol. The lowest BCUT2D eigenvalue weighted by Gasteiger charge is -2.05. The summed E-state index contributed by atoms with van der Waals surface area (Å²) in [7, 11) is 0. The molecule has 0 radical (unpaired) electrons. The molecule has 0 aliphatic heterocycles. The second kappa shape index (κ2) is 5.53. The van der Waals surface area contributed by atoms with Crippen LogP contribution in [0.5, 0.6) is 0 Å². The minimum Gasteiger partial charge on any atom is -0.312 e. The maximum absolute atomic E-state index is 12.0. The van der Waals surface area contributed by atoms with Crippen LogP contribution in [-0.2, 0) is 0 Å². The van der Waals surface area contributed by atoms with Crippen LogP contribution in [0.1, 0.15) is 15.9 Å². The number of carbonyl (C=O) groups excluding carboxylic acids is 1. The third-order valence-corrected chi connectivity index (χ3v) is 3.91. The number of thiophene rings is 1.